The molecule has 3 aromatic carbocycles. The molecule has 0 aliphatic heterocycles. The summed E-state index contributed by atoms with van der Waals surface area (Å²) in [5.74, 6) is 1.09. The SMILES string of the molecule is C=CC(=O)OCCCOc1ccc(N(c2ccc(C)cc2C)c2ccc(OCCCOC=O)cc2C)c(C)c1. The third-order valence-electron chi connectivity index (χ3n) is 6.12. The summed E-state index contributed by atoms with van der Waals surface area (Å²) >= 11 is 0. The van der Waals surface area contributed by atoms with Crippen LogP contribution < -0.4 is 14.4 Å². The Morgan fingerprint density at radius 3 is 1.74 bits per heavy atom. The van der Waals surface area contributed by atoms with Crippen molar-refractivity contribution in [1.82, 2.24) is 0 Å². The minimum atomic E-state index is -0.430. The van der Waals surface area contributed by atoms with Crippen molar-refractivity contribution >= 4 is 29.5 Å². The molecule has 0 saturated carbocycles. The third kappa shape index (κ3) is 8.37. The molecule has 0 bridgehead atoms. The molecule has 0 N–H and O–H groups in total. The minimum absolute atomic E-state index is 0.286. The number of hydrogen-bond donors (Lipinski definition) is 0. The summed E-state index contributed by atoms with van der Waals surface area (Å²) in [5.41, 5.74) is 7.65. The molecule has 0 unspecified atom stereocenters. The molecule has 0 amide bonds. The van der Waals surface area contributed by atoms with Crippen LogP contribution in [0.5, 0.6) is 11.5 Å². The number of benzene rings is 3. The quantitative estimate of drug-likeness (QED) is 0.0921. The van der Waals surface area contributed by atoms with Gasteiger partial charge in [0.15, 0.2) is 0 Å². The van der Waals surface area contributed by atoms with Crippen molar-refractivity contribution < 1.29 is 28.5 Å². The van der Waals surface area contributed by atoms with Gasteiger partial charge in [-0.25, -0.2) is 4.79 Å². The first kappa shape index (κ1) is 29.3. The summed E-state index contributed by atoms with van der Waals surface area (Å²) in [7, 11) is 0. The molecule has 3 rings (SSSR count). The molecule has 39 heavy (non-hydrogen) atoms. The summed E-state index contributed by atoms with van der Waals surface area (Å²) < 4.78 is 21.5. The van der Waals surface area contributed by atoms with E-state index in [2.05, 4.69) is 69.5 Å². The summed E-state index contributed by atoms with van der Waals surface area (Å²) in [6.07, 6.45) is 2.37. The summed E-state index contributed by atoms with van der Waals surface area (Å²) in [4.78, 5) is 23.8. The van der Waals surface area contributed by atoms with Crippen LogP contribution in [0.15, 0.2) is 67.3 Å². The Bertz CT molecular complexity index is 1290. The zero-order chi connectivity index (χ0) is 28.2. The first-order chi connectivity index (χ1) is 18.8. The van der Waals surface area contributed by atoms with Crippen molar-refractivity contribution in [2.75, 3.05) is 31.3 Å². The van der Waals surface area contributed by atoms with Crippen molar-refractivity contribution in [1.29, 1.82) is 0 Å². The molecule has 0 fully saturated rings. The Labute approximate surface area is 231 Å². The highest BCUT2D eigenvalue weighted by atomic mass is 16.5. The molecular weight excluding hydrogens is 494 g/mol. The molecular formula is C32H37NO6. The van der Waals surface area contributed by atoms with E-state index in [-0.39, 0.29) is 6.61 Å². The zero-order valence-electron chi connectivity index (χ0n) is 23.2. The van der Waals surface area contributed by atoms with E-state index >= 15 is 0 Å². The maximum absolute atomic E-state index is 11.2. The number of esters is 1. The molecule has 0 heterocycles. The smallest absolute Gasteiger partial charge is 0.330 e. The largest absolute Gasteiger partial charge is 0.493 e. The average Bonchev–Trinajstić information content (AvgIpc) is 2.91. The summed E-state index contributed by atoms with van der Waals surface area (Å²) in [5, 5.41) is 0. The van der Waals surface area contributed by atoms with Gasteiger partial charge >= 0.3 is 5.97 Å². The fraction of sp³-hybridized carbons (Fsp3) is 0.312. The highest BCUT2D eigenvalue weighted by Crippen LogP contribution is 2.41. The van der Waals surface area contributed by atoms with Gasteiger partial charge in [-0.3, -0.25) is 4.79 Å². The lowest BCUT2D eigenvalue weighted by Crippen LogP contribution is -2.14. The topological polar surface area (TPSA) is 74.3 Å². The minimum Gasteiger partial charge on any atom is -0.493 e. The number of anilines is 3. The second-order valence-electron chi connectivity index (χ2n) is 9.26. The Hall–Kier alpha value is -4.26. The van der Waals surface area contributed by atoms with Gasteiger partial charge < -0.3 is 23.8 Å². The van der Waals surface area contributed by atoms with Crippen LogP contribution in [-0.2, 0) is 19.1 Å². The van der Waals surface area contributed by atoms with Gasteiger partial charge in [-0.15, -0.1) is 0 Å². The van der Waals surface area contributed by atoms with Gasteiger partial charge in [0.05, 0.1) is 26.4 Å². The molecule has 206 valence electrons. The first-order valence-electron chi connectivity index (χ1n) is 13.0. The molecule has 7 heteroatoms. The van der Waals surface area contributed by atoms with Gasteiger partial charge in [-0.05, 0) is 86.8 Å². The van der Waals surface area contributed by atoms with Crippen LogP contribution >= 0.6 is 0 Å². The second kappa shape index (κ2) is 14.6. The summed E-state index contributed by atoms with van der Waals surface area (Å²) in [6.45, 7) is 13.7. The van der Waals surface area contributed by atoms with Crippen LogP contribution in [0.2, 0.25) is 0 Å². The standard InChI is InChI=1S/C32H37NO6/c1-6-32(35)39-18-8-17-38-28-11-14-31(26(5)21-28)33(29-12-9-23(2)19-24(29)3)30-13-10-27(20-25(30)4)37-16-7-15-36-22-34/h6,9-14,19-22H,1,7-8,15-18H2,2-5H3. The van der Waals surface area contributed by atoms with Gasteiger partial charge in [0.2, 0.25) is 0 Å². The van der Waals surface area contributed by atoms with Crippen molar-refractivity contribution in [3.63, 3.8) is 0 Å². The molecule has 0 radical (unpaired) electrons. The molecule has 0 aliphatic rings. The first-order valence-corrected chi connectivity index (χ1v) is 13.0. The molecule has 3 aromatic rings. The normalized spacial score (nSPS) is 10.5. The van der Waals surface area contributed by atoms with Gasteiger partial charge in [-0.1, -0.05) is 24.3 Å². The van der Waals surface area contributed by atoms with Gasteiger partial charge in [0.25, 0.3) is 6.47 Å². The number of ether oxygens (including phenoxy) is 4. The number of aryl methyl sites for hydroxylation is 4. The Kier molecular flexibility index (Phi) is 11.0. The molecule has 7 nitrogen and oxygen atoms in total. The number of carbonyl (C=O) groups is 2. The molecule has 0 spiro atoms. The zero-order valence-corrected chi connectivity index (χ0v) is 23.2. The number of nitrogens with zero attached hydrogens (tertiary/aromatic N) is 1. The molecule has 0 atom stereocenters. The lowest BCUT2D eigenvalue weighted by molar-refractivity contribution is -0.138. The van der Waals surface area contributed by atoms with Gasteiger partial charge in [0.1, 0.15) is 11.5 Å². The number of rotatable bonds is 15. The van der Waals surface area contributed by atoms with E-state index in [9.17, 15) is 9.59 Å². The van der Waals surface area contributed by atoms with Crippen LogP contribution in [-0.4, -0.2) is 38.9 Å². The van der Waals surface area contributed by atoms with Crippen molar-refractivity contribution in [3.8, 4) is 11.5 Å². The van der Waals surface area contributed by atoms with Crippen LogP contribution in [0.4, 0.5) is 17.1 Å². The monoisotopic (exact) mass is 531 g/mol. The lowest BCUT2D eigenvalue weighted by Gasteiger charge is -2.30. The van der Waals surface area contributed by atoms with E-state index in [0.29, 0.717) is 39.1 Å². The predicted molar refractivity (Wildman–Crippen MR) is 153 cm³/mol. The van der Waals surface area contributed by atoms with Gasteiger partial charge in [-0.2, -0.15) is 0 Å². The highest BCUT2D eigenvalue weighted by molar-refractivity contribution is 5.82. The van der Waals surface area contributed by atoms with E-state index in [1.165, 1.54) is 11.1 Å². The van der Waals surface area contributed by atoms with Crippen molar-refractivity contribution in [2.24, 2.45) is 0 Å². The van der Waals surface area contributed by atoms with Crippen LogP contribution in [0.3, 0.4) is 0 Å². The Morgan fingerprint density at radius 1 is 0.744 bits per heavy atom. The Morgan fingerprint density at radius 2 is 1.26 bits per heavy atom. The average molecular weight is 532 g/mol. The van der Waals surface area contributed by atoms with Crippen LogP contribution in [0, 0.1) is 27.7 Å². The van der Waals surface area contributed by atoms with E-state index in [1.807, 2.05) is 24.3 Å². The molecule has 0 aliphatic carbocycles. The Balaban J connectivity index is 1.84. The fourth-order valence-corrected chi connectivity index (χ4v) is 4.24. The molecule has 0 aromatic heterocycles. The van der Waals surface area contributed by atoms with Crippen LogP contribution in [0.25, 0.3) is 0 Å². The van der Waals surface area contributed by atoms with E-state index in [1.54, 1.807) is 0 Å². The highest BCUT2D eigenvalue weighted by Gasteiger charge is 2.19. The molecule has 0 saturated heterocycles. The lowest BCUT2D eigenvalue weighted by atomic mass is 10.0. The van der Waals surface area contributed by atoms with E-state index in [0.717, 1.165) is 45.8 Å². The van der Waals surface area contributed by atoms with Crippen molar-refractivity contribution in [3.05, 3.63) is 89.5 Å². The van der Waals surface area contributed by atoms with Crippen LogP contribution in [0.1, 0.15) is 35.1 Å². The summed E-state index contributed by atoms with van der Waals surface area (Å²) in [6, 6.07) is 18.6. The van der Waals surface area contributed by atoms with E-state index < -0.39 is 5.97 Å². The fourth-order valence-electron chi connectivity index (χ4n) is 4.24. The maximum Gasteiger partial charge on any atom is 0.330 e. The van der Waals surface area contributed by atoms with Crippen molar-refractivity contribution in [2.45, 2.75) is 40.5 Å². The third-order valence-corrected chi connectivity index (χ3v) is 6.12. The van der Waals surface area contributed by atoms with E-state index in [4.69, 9.17) is 18.9 Å². The number of carbonyl (C=O) groups excluding carboxylic acids is 2. The predicted octanol–water partition coefficient (Wildman–Crippen LogP) is 6.83. The van der Waals surface area contributed by atoms with Gasteiger partial charge in [0, 0.05) is 36.0 Å². The number of hydrogen-bond acceptors (Lipinski definition) is 7. The second-order valence-corrected chi connectivity index (χ2v) is 9.26. The maximum atomic E-state index is 11.2.